The Bertz CT molecular complexity index is 803. The largest absolute Gasteiger partial charge is 0.490 e. The molecule has 5 nitrogen and oxygen atoms in total. The molecule has 1 aliphatic carbocycles. The molecule has 0 bridgehead atoms. The molecule has 2 aromatic rings. The minimum absolute atomic E-state index is 0.0641. The Balaban J connectivity index is 2.01. The van der Waals surface area contributed by atoms with Gasteiger partial charge in [0.1, 0.15) is 17.6 Å². The molecule has 1 amide bonds. The van der Waals surface area contributed by atoms with Gasteiger partial charge in [-0.3, -0.25) is 9.78 Å². The predicted octanol–water partition coefficient (Wildman–Crippen LogP) is 4.32. The van der Waals surface area contributed by atoms with Crippen LogP contribution in [0.25, 0.3) is 10.9 Å². The fourth-order valence-corrected chi connectivity index (χ4v) is 3.60. The third-order valence-corrected chi connectivity index (χ3v) is 5.09. The average molecular weight is 356 g/mol. The Morgan fingerprint density at radius 3 is 2.69 bits per heavy atom. The number of carbonyl (C=O) groups is 1. The molecule has 1 heterocycles. The van der Waals surface area contributed by atoms with E-state index < -0.39 is 5.91 Å². The summed E-state index contributed by atoms with van der Waals surface area (Å²) in [6, 6.07) is 5.40. The molecule has 2 N–H and O–H groups in total. The molecule has 1 aliphatic rings. The topological polar surface area (TPSA) is 74.4 Å². The minimum atomic E-state index is -0.523. The van der Waals surface area contributed by atoms with E-state index in [4.69, 9.17) is 15.2 Å². The van der Waals surface area contributed by atoms with Crippen molar-refractivity contribution in [2.45, 2.75) is 59.2 Å². The van der Waals surface area contributed by atoms with Crippen molar-refractivity contribution in [3.63, 3.8) is 0 Å². The maximum atomic E-state index is 11.8. The number of amides is 1. The van der Waals surface area contributed by atoms with Gasteiger partial charge in [-0.05, 0) is 56.7 Å². The van der Waals surface area contributed by atoms with Gasteiger partial charge in [0, 0.05) is 11.6 Å². The van der Waals surface area contributed by atoms with E-state index in [0.717, 1.165) is 17.6 Å². The van der Waals surface area contributed by atoms with Crippen LogP contribution >= 0.6 is 0 Å². The standard InChI is InChI=1S/C21H28N2O3/c1-12(2)25-20-11-15-17(10-16(20)21(22)24)23-8-7-18(15)26-19-9-13(3)5-6-14(19)4/h7-8,10-14,19H,5-6,9H2,1-4H3,(H2,22,24)/t13?,14-,19-/m1/s1. The maximum Gasteiger partial charge on any atom is 0.252 e. The van der Waals surface area contributed by atoms with Crippen molar-refractivity contribution < 1.29 is 14.3 Å². The second kappa shape index (κ2) is 7.52. The molecule has 5 heteroatoms. The molecule has 0 aliphatic heterocycles. The average Bonchev–Trinajstić information content (AvgIpc) is 2.57. The van der Waals surface area contributed by atoms with Crippen LogP contribution in [0.2, 0.25) is 0 Å². The highest BCUT2D eigenvalue weighted by Gasteiger charge is 2.27. The highest BCUT2D eigenvalue weighted by Crippen LogP contribution is 2.36. The fourth-order valence-electron chi connectivity index (χ4n) is 3.60. The lowest BCUT2D eigenvalue weighted by molar-refractivity contribution is 0.0805. The summed E-state index contributed by atoms with van der Waals surface area (Å²) in [6.45, 7) is 8.36. The number of hydrogen-bond donors (Lipinski definition) is 1. The SMILES string of the molecule is CC1CC[C@@H](C)[C@H](Oc2ccnc3cc(C(N)=O)c(OC(C)C)cc23)C1. The van der Waals surface area contributed by atoms with Gasteiger partial charge in [-0.25, -0.2) is 0 Å². The van der Waals surface area contributed by atoms with Gasteiger partial charge in [-0.2, -0.15) is 0 Å². The molecule has 1 unspecified atom stereocenters. The van der Waals surface area contributed by atoms with Gasteiger partial charge in [0.25, 0.3) is 5.91 Å². The lowest BCUT2D eigenvalue weighted by Gasteiger charge is -2.33. The molecular formula is C21H28N2O3. The quantitative estimate of drug-likeness (QED) is 0.865. The molecule has 3 atom stereocenters. The number of benzene rings is 1. The first-order chi connectivity index (χ1) is 12.3. The first-order valence-corrected chi connectivity index (χ1v) is 9.41. The zero-order valence-corrected chi connectivity index (χ0v) is 16.0. The molecule has 140 valence electrons. The summed E-state index contributed by atoms with van der Waals surface area (Å²) in [6.07, 6.45) is 5.33. The van der Waals surface area contributed by atoms with Crippen LogP contribution in [0.1, 0.15) is 57.3 Å². The first kappa shape index (κ1) is 18.5. The van der Waals surface area contributed by atoms with Crippen LogP contribution in [0.5, 0.6) is 11.5 Å². The van der Waals surface area contributed by atoms with Gasteiger partial charge in [0.05, 0.1) is 17.2 Å². The number of hydrogen-bond acceptors (Lipinski definition) is 4. The van der Waals surface area contributed by atoms with Gasteiger partial charge in [-0.15, -0.1) is 0 Å². The zero-order valence-electron chi connectivity index (χ0n) is 16.0. The van der Waals surface area contributed by atoms with Crippen molar-refractivity contribution in [1.29, 1.82) is 0 Å². The molecule has 0 spiro atoms. The van der Waals surface area contributed by atoms with E-state index in [1.54, 1.807) is 12.3 Å². The number of ether oxygens (including phenoxy) is 2. The second-order valence-corrected chi connectivity index (χ2v) is 7.76. The van der Waals surface area contributed by atoms with Crippen LogP contribution in [-0.4, -0.2) is 23.1 Å². The van der Waals surface area contributed by atoms with Crippen LogP contribution in [0, 0.1) is 11.8 Å². The number of rotatable bonds is 5. The fraction of sp³-hybridized carbons (Fsp3) is 0.524. The highest BCUT2D eigenvalue weighted by atomic mass is 16.5. The lowest BCUT2D eigenvalue weighted by Crippen LogP contribution is -2.31. The molecule has 1 fully saturated rings. The summed E-state index contributed by atoms with van der Waals surface area (Å²) in [7, 11) is 0. The number of fused-ring (bicyclic) bond motifs is 1. The van der Waals surface area contributed by atoms with Gasteiger partial charge in [-0.1, -0.05) is 20.3 Å². The van der Waals surface area contributed by atoms with Crippen LogP contribution < -0.4 is 15.2 Å². The number of pyridine rings is 1. The Morgan fingerprint density at radius 2 is 2.00 bits per heavy atom. The Hall–Kier alpha value is -2.30. The molecule has 26 heavy (non-hydrogen) atoms. The van der Waals surface area contributed by atoms with E-state index in [-0.39, 0.29) is 12.2 Å². The van der Waals surface area contributed by atoms with E-state index in [9.17, 15) is 4.79 Å². The van der Waals surface area contributed by atoms with Crippen molar-refractivity contribution >= 4 is 16.8 Å². The minimum Gasteiger partial charge on any atom is -0.490 e. The summed E-state index contributed by atoms with van der Waals surface area (Å²) in [4.78, 5) is 16.2. The summed E-state index contributed by atoms with van der Waals surface area (Å²) in [5, 5.41) is 0.846. The molecule has 1 aromatic heterocycles. The monoisotopic (exact) mass is 356 g/mol. The zero-order chi connectivity index (χ0) is 18.8. The summed E-state index contributed by atoms with van der Waals surface area (Å²) in [5.74, 6) is 1.93. The maximum absolute atomic E-state index is 11.8. The highest BCUT2D eigenvalue weighted by molar-refractivity contribution is 6.01. The number of nitrogens with two attached hydrogens (primary N) is 1. The molecule has 1 aromatic carbocycles. The second-order valence-electron chi connectivity index (χ2n) is 7.76. The number of carbonyl (C=O) groups excluding carboxylic acids is 1. The third kappa shape index (κ3) is 3.92. The number of nitrogens with zero attached hydrogens (tertiary/aromatic N) is 1. The van der Waals surface area contributed by atoms with Gasteiger partial charge >= 0.3 is 0 Å². The molecule has 0 saturated heterocycles. The summed E-state index contributed by atoms with van der Waals surface area (Å²) >= 11 is 0. The van der Waals surface area contributed by atoms with Crippen LogP contribution in [0.15, 0.2) is 24.4 Å². The van der Waals surface area contributed by atoms with E-state index in [1.165, 1.54) is 12.8 Å². The summed E-state index contributed by atoms with van der Waals surface area (Å²) in [5.41, 5.74) is 6.55. The smallest absolute Gasteiger partial charge is 0.252 e. The van der Waals surface area contributed by atoms with Crippen molar-refractivity contribution in [1.82, 2.24) is 4.98 Å². The van der Waals surface area contributed by atoms with Crippen molar-refractivity contribution in [3.8, 4) is 11.5 Å². The van der Waals surface area contributed by atoms with Crippen LogP contribution in [0.3, 0.4) is 0 Å². The van der Waals surface area contributed by atoms with Crippen molar-refractivity contribution in [2.24, 2.45) is 17.6 Å². The van der Waals surface area contributed by atoms with E-state index in [1.807, 2.05) is 26.0 Å². The molecule has 1 saturated carbocycles. The normalized spacial score (nSPS) is 23.2. The molecule has 3 rings (SSSR count). The number of aromatic nitrogens is 1. The van der Waals surface area contributed by atoms with E-state index in [2.05, 4.69) is 18.8 Å². The van der Waals surface area contributed by atoms with Crippen LogP contribution in [-0.2, 0) is 0 Å². The number of primary amides is 1. The molecular weight excluding hydrogens is 328 g/mol. The van der Waals surface area contributed by atoms with Gasteiger partial charge in [0.15, 0.2) is 0 Å². The lowest BCUT2D eigenvalue weighted by atomic mass is 9.81. The van der Waals surface area contributed by atoms with Crippen molar-refractivity contribution in [3.05, 3.63) is 30.0 Å². The van der Waals surface area contributed by atoms with E-state index in [0.29, 0.717) is 28.7 Å². The Kier molecular flexibility index (Phi) is 5.35. The Labute approximate surface area is 154 Å². The van der Waals surface area contributed by atoms with E-state index >= 15 is 0 Å². The van der Waals surface area contributed by atoms with Crippen molar-refractivity contribution in [2.75, 3.05) is 0 Å². The van der Waals surface area contributed by atoms with Gasteiger partial charge < -0.3 is 15.2 Å². The predicted molar refractivity (Wildman–Crippen MR) is 103 cm³/mol. The Morgan fingerprint density at radius 1 is 1.23 bits per heavy atom. The third-order valence-electron chi connectivity index (χ3n) is 5.09. The summed E-state index contributed by atoms with van der Waals surface area (Å²) < 4.78 is 12.2. The van der Waals surface area contributed by atoms with Crippen LogP contribution in [0.4, 0.5) is 0 Å². The first-order valence-electron chi connectivity index (χ1n) is 9.41. The molecule has 0 radical (unpaired) electrons. The van der Waals surface area contributed by atoms with Gasteiger partial charge in [0.2, 0.25) is 0 Å².